The van der Waals surface area contributed by atoms with Crippen LogP contribution in [0.2, 0.25) is 0 Å². The molecule has 2 N–H and O–H groups in total. The van der Waals surface area contributed by atoms with Gasteiger partial charge in [-0.25, -0.2) is 13.4 Å². The third-order valence-corrected chi connectivity index (χ3v) is 6.72. The SMILES string of the molecule is COc1ccc(S(=O)(=O)Nc2nc(C(=O)Nc3ccccc3SC)cs2)cc1. The Balaban J connectivity index is 1.73. The molecule has 0 radical (unpaired) electrons. The van der Waals surface area contributed by atoms with Gasteiger partial charge in [0.2, 0.25) is 0 Å². The molecule has 0 bridgehead atoms. The molecule has 28 heavy (non-hydrogen) atoms. The Bertz CT molecular complexity index is 1080. The van der Waals surface area contributed by atoms with E-state index < -0.39 is 15.9 Å². The van der Waals surface area contributed by atoms with Gasteiger partial charge in [0, 0.05) is 10.3 Å². The van der Waals surface area contributed by atoms with Crippen molar-refractivity contribution in [3.63, 3.8) is 0 Å². The monoisotopic (exact) mass is 435 g/mol. The van der Waals surface area contributed by atoms with Gasteiger partial charge in [-0.3, -0.25) is 9.52 Å². The van der Waals surface area contributed by atoms with E-state index in [-0.39, 0.29) is 15.7 Å². The van der Waals surface area contributed by atoms with Crippen molar-refractivity contribution in [1.29, 1.82) is 0 Å². The number of carbonyl (C=O) groups excluding carboxylic acids is 1. The Morgan fingerprint density at radius 3 is 2.54 bits per heavy atom. The van der Waals surface area contributed by atoms with Crippen LogP contribution in [-0.4, -0.2) is 32.7 Å². The summed E-state index contributed by atoms with van der Waals surface area (Å²) in [6.07, 6.45) is 1.92. The van der Waals surface area contributed by atoms with Crippen LogP contribution in [0.25, 0.3) is 0 Å². The summed E-state index contributed by atoms with van der Waals surface area (Å²) in [4.78, 5) is 17.5. The van der Waals surface area contributed by atoms with Gasteiger partial charge in [0.25, 0.3) is 15.9 Å². The highest BCUT2D eigenvalue weighted by Gasteiger charge is 2.18. The number of ether oxygens (including phenoxy) is 1. The number of hydrogen-bond acceptors (Lipinski definition) is 7. The van der Waals surface area contributed by atoms with Crippen molar-refractivity contribution >= 4 is 49.8 Å². The van der Waals surface area contributed by atoms with Crippen molar-refractivity contribution in [2.45, 2.75) is 9.79 Å². The highest BCUT2D eigenvalue weighted by atomic mass is 32.2. The first-order valence-electron chi connectivity index (χ1n) is 7.99. The number of benzene rings is 2. The normalized spacial score (nSPS) is 11.1. The van der Waals surface area contributed by atoms with Crippen LogP contribution in [0.15, 0.2) is 63.7 Å². The molecule has 1 heterocycles. The van der Waals surface area contributed by atoms with E-state index in [2.05, 4.69) is 15.0 Å². The number of rotatable bonds is 7. The third kappa shape index (κ3) is 4.64. The zero-order valence-corrected chi connectivity index (χ0v) is 17.5. The average molecular weight is 436 g/mol. The molecule has 1 aromatic heterocycles. The van der Waals surface area contributed by atoms with Gasteiger partial charge >= 0.3 is 0 Å². The summed E-state index contributed by atoms with van der Waals surface area (Å²) in [6.45, 7) is 0. The van der Waals surface area contributed by atoms with Crippen molar-refractivity contribution in [2.24, 2.45) is 0 Å². The Hall–Kier alpha value is -2.56. The molecule has 1 amide bonds. The number of hydrogen-bond donors (Lipinski definition) is 2. The second-order valence-electron chi connectivity index (χ2n) is 5.47. The fraction of sp³-hybridized carbons (Fsp3) is 0.111. The van der Waals surface area contributed by atoms with E-state index in [1.807, 2.05) is 24.5 Å². The minimum atomic E-state index is -3.81. The maximum absolute atomic E-state index is 12.5. The number of thiazole rings is 1. The van der Waals surface area contributed by atoms with Gasteiger partial charge in [0.15, 0.2) is 5.13 Å². The number of aromatic nitrogens is 1. The van der Waals surface area contributed by atoms with Crippen LogP contribution in [-0.2, 0) is 10.0 Å². The predicted octanol–water partition coefficient (Wildman–Crippen LogP) is 3.93. The van der Waals surface area contributed by atoms with Crippen LogP contribution in [0.3, 0.4) is 0 Å². The summed E-state index contributed by atoms with van der Waals surface area (Å²) in [5, 5.41) is 4.40. The molecular weight excluding hydrogens is 418 g/mol. The van der Waals surface area contributed by atoms with Crippen LogP contribution in [0.1, 0.15) is 10.5 Å². The molecule has 0 atom stereocenters. The molecule has 0 spiro atoms. The van der Waals surface area contributed by atoms with E-state index in [4.69, 9.17) is 4.74 Å². The lowest BCUT2D eigenvalue weighted by Crippen LogP contribution is -2.15. The number of para-hydroxylation sites is 1. The third-order valence-electron chi connectivity index (χ3n) is 3.68. The van der Waals surface area contributed by atoms with Crippen molar-refractivity contribution in [3.05, 3.63) is 59.6 Å². The molecule has 0 aliphatic carbocycles. The van der Waals surface area contributed by atoms with Crippen LogP contribution in [0, 0.1) is 0 Å². The van der Waals surface area contributed by atoms with Crippen molar-refractivity contribution in [1.82, 2.24) is 4.98 Å². The summed E-state index contributed by atoms with van der Waals surface area (Å²) in [5.74, 6) is 0.144. The molecule has 0 unspecified atom stereocenters. The van der Waals surface area contributed by atoms with Crippen molar-refractivity contribution < 1.29 is 17.9 Å². The predicted molar refractivity (Wildman–Crippen MR) is 112 cm³/mol. The molecule has 2 aromatic carbocycles. The van der Waals surface area contributed by atoms with Crippen molar-refractivity contribution in [2.75, 3.05) is 23.4 Å². The van der Waals surface area contributed by atoms with E-state index in [1.54, 1.807) is 18.2 Å². The lowest BCUT2D eigenvalue weighted by Gasteiger charge is -2.08. The summed E-state index contributed by atoms with van der Waals surface area (Å²) in [6, 6.07) is 13.4. The summed E-state index contributed by atoms with van der Waals surface area (Å²) in [5.41, 5.74) is 0.807. The molecule has 0 aliphatic heterocycles. The molecule has 10 heteroatoms. The smallest absolute Gasteiger partial charge is 0.275 e. The fourth-order valence-corrected chi connectivity index (χ4v) is 4.78. The Kier molecular flexibility index (Phi) is 6.22. The zero-order valence-electron chi connectivity index (χ0n) is 15.0. The minimum Gasteiger partial charge on any atom is -0.497 e. The van der Waals surface area contributed by atoms with Crippen LogP contribution in [0.5, 0.6) is 5.75 Å². The number of nitrogens with one attached hydrogen (secondary N) is 2. The van der Waals surface area contributed by atoms with Gasteiger partial charge in [-0.05, 0) is 42.7 Å². The van der Waals surface area contributed by atoms with E-state index in [9.17, 15) is 13.2 Å². The molecule has 0 saturated heterocycles. The van der Waals surface area contributed by atoms with Gasteiger partial charge in [-0.1, -0.05) is 12.1 Å². The standard InChI is InChI=1S/C18H17N3O4S3/c1-25-12-7-9-13(10-8-12)28(23,24)21-18-20-15(11-27-18)17(22)19-14-5-3-4-6-16(14)26-2/h3-11H,1-2H3,(H,19,22)(H,20,21). The highest BCUT2D eigenvalue weighted by Crippen LogP contribution is 2.26. The van der Waals surface area contributed by atoms with Gasteiger partial charge in [0.05, 0.1) is 17.7 Å². The minimum absolute atomic E-state index is 0.0726. The topological polar surface area (TPSA) is 97.4 Å². The van der Waals surface area contributed by atoms with E-state index in [0.29, 0.717) is 11.4 Å². The fourth-order valence-electron chi connectivity index (χ4n) is 2.29. The first-order chi connectivity index (χ1) is 13.4. The largest absolute Gasteiger partial charge is 0.497 e. The summed E-state index contributed by atoms with van der Waals surface area (Å²) < 4.78 is 32.3. The number of carbonyl (C=O) groups is 1. The number of amides is 1. The lowest BCUT2D eigenvalue weighted by molar-refractivity contribution is 0.102. The van der Waals surface area contributed by atoms with Crippen molar-refractivity contribution in [3.8, 4) is 5.75 Å². The van der Waals surface area contributed by atoms with Crippen LogP contribution >= 0.6 is 23.1 Å². The average Bonchev–Trinajstić information content (AvgIpc) is 3.16. The zero-order chi connectivity index (χ0) is 20.1. The summed E-state index contributed by atoms with van der Waals surface area (Å²) >= 11 is 2.55. The lowest BCUT2D eigenvalue weighted by atomic mass is 10.3. The first-order valence-corrected chi connectivity index (χ1v) is 11.6. The van der Waals surface area contributed by atoms with E-state index >= 15 is 0 Å². The highest BCUT2D eigenvalue weighted by molar-refractivity contribution is 7.98. The molecule has 146 valence electrons. The Labute approximate surface area is 171 Å². The number of anilines is 2. The second kappa shape index (κ2) is 8.63. The Morgan fingerprint density at radius 2 is 1.86 bits per heavy atom. The molecule has 3 rings (SSSR count). The van der Waals surface area contributed by atoms with Crippen LogP contribution in [0.4, 0.5) is 10.8 Å². The molecule has 7 nitrogen and oxygen atoms in total. The number of sulfonamides is 1. The quantitative estimate of drug-likeness (QED) is 0.546. The van der Waals surface area contributed by atoms with E-state index in [0.717, 1.165) is 16.2 Å². The first kappa shape index (κ1) is 20.2. The van der Waals surface area contributed by atoms with E-state index in [1.165, 1.54) is 36.4 Å². The van der Waals surface area contributed by atoms with Gasteiger partial charge in [0.1, 0.15) is 11.4 Å². The molecule has 0 fully saturated rings. The molecule has 0 aliphatic rings. The molecular formula is C18H17N3O4S3. The molecule has 3 aromatic rings. The maximum atomic E-state index is 12.5. The maximum Gasteiger partial charge on any atom is 0.275 e. The summed E-state index contributed by atoms with van der Waals surface area (Å²) in [7, 11) is -2.31. The second-order valence-corrected chi connectivity index (χ2v) is 8.86. The van der Waals surface area contributed by atoms with Gasteiger partial charge < -0.3 is 10.1 Å². The Morgan fingerprint density at radius 1 is 1.14 bits per heavy atom. The van der Waals surface area contributed by atoms with Crippen LogP contribution < -0.4 is 14.8 Å². The van der Waals surface area contributed by atoms with Gasteiger partial charge in [-0.15, -0.1) is 23.1 Å². The number of thioether (sulfide) groups is 1. The number of methoxy groups -OCH3 is 1. The van der Waals surface area contributed by atoms with Gasteiger partial charge in [-0.2, -0.15) is 0 Å². The molecule has 0 saturated carbocycles. The number of nitrogens with zero attached hydrogens (tertiary/aromatic N) is 1.